The minimum absolute atomic E-state index is 0.0402. The van der Waals surface area contributed by atoms with Crippen LogP contribution in [0.1, 0.15) is 6.92 Å². The molecule has 0 spiro atoms. The van der Waals surface area contributed by atoms with Gasteiger partial charge in [-0.1, -0.05) is 5.10 Å². The Morgan fingerprint density at radius 3 is 2.38 bits per heavy atom. The highest BCUT2D eigenvalue weighted by molar-refractivity contribution is 5.89. The number of carbonyl (C=O) groups excluding carboxylic acids is 1. The first-order valence-corrected chi connectivity index (χ1v) is 7.89. The van der Waals surface area contributed by atoms with Gasteiger partial charge in [0.05, 0.1) is 6.61 Å². The van der Waals surface area contributed by atoms with E-state index in [1.165, 1.54) is 24.3 Å². The summed E-state index contributed by atoms with van der Waals surface area (Å²) in [7, 11) is 0. The monoisotopic (exact) mass is 357 g/mol. The number of aromatic nitrogens is 2. The van der Waals surface area contributed by atoms with E-state index < -0.39 is 5.91 Å². The number of carbonyl (C=O) groups is 1. The van der Waals surface area contributed by atoms with Gasteiger partial charge in [0.25, 0.3) is 5.91 Å². The number of nitrogens with zero attached hydrogens (tertiary/aromatic N) is 2. The number of anilines is 1. The van der Waals surface area contributed by atoms with E-state index in [1.807, 2.05) is 6.92 Å². The van der Waals surface area contributed by atoms with E-state index in [2.05, 4.69) is 15.5 Å². The Morgan fingerprint density at radius 2 is 1.69 bits per heavy atom. The van der Waals surface area contributed by atoms with Crippen LogP contribution in [-0.2, 0) is 4.79 Å². The molecule has 26 heavy (non-hydrogen) atoms. The third-order valence-electron chi connectivity index (χ3n) is 3.27. The van der Waals surface area contributed by atoms with Crippen molar-refractivity contribution in [2.75, 3.05) is 18.5 Å². The van der Waals surface area contributed by atoms with Crippen molar-refractivity contribution in [2.24, 2.45) is 0 Å². The SMILES string of the molecule is CCOc1ccc(-c2nnc(NC(=O)COc3ccc(F)cc3)o2)cc1. The summed E-state index contributed by atoms with van der Waals surface area (Å²) in [6, 6.07) is 12.4. The maximum atomic E-state index is 12.8. The average Bonchev–Trinajstić information content (AvgIpc) is 3.10. The molecule has 0 aliphatic carbocycles. The number of amides is 1. The van der Waals surface area contributed by atoms with Gasteiger partial charge in [-0.2, -0.15) is 0 Å². The van der Waals surface area contributed by atoms with E-state index in [-0.39, 0.29) is 24.3 Å². The van der Waals surface area contributed by atoms with Crippen LogP contribution in [0.5, 0.6) is 11.5 Å². The summed E-state index contributed by atoms with van der Waals surface area (Å²) in [5.41, 5.74) is 0.698. The average molecular weight is 357 g/mol. The van der Waals surface area contributed by atoms with E-state index >= 15 is 0 Å². The van der Waals surface area contributed by atoms with Crippen LogP contribution in [0.2, 0.25) is 0 Å². The van der Waals surface area contributed by atoms with Gasteiger partial charge in [0.15, 0.2) is 6.61 Å². The number of benzene rings is 2. The molecule has 3 aromatic rings. The van der Waals surface area contributed by atoms with Crippen molar-refractivity contribution in [3.05, 3.63) is 54.3 Å². The van der Waals surface area contributed by atoms with Crippen LogP contribution in [-0.4, -0.2) is 29.3 Å². The van der Waals surface area contributed by atoms with Crippen molar-refractivity contribution in [1.82, 2.24) is 10.2 Å². The van der Waals surface area contributed by atoms with Crippen LogP contribution in [0, 0.1) is 5.82 Å². The highest BCUT2D eigenvalue weighted by Crippen LogP contribution is 2.22. The van der Waals surface area contributed by atoms with Crippen LogP contribution in [0.4, 0.5) is 10.4 Å². The molecule has 1 heterocycles. The lowest BCUT2D eigenvalue weighted by Gasteiger charge is -2.04. The third-order valence-corrected chi connectivity index (χ3v) is 3.27. The highest BCUT2D eigenvalue weighted by atomic mass is 19.1. The van der Waals surface area contributed by atoms with Crippen molar-refractivity contribution in [3.8, 4) is 23.0 Å². The molecule has 1 aromatic heterocycles. The standard InChI is InChI=1S/C18H16FN3O4/c1-2-24-14-7-3-12(4-8-14)17-21-22-18(26-17)20-16(23)11-25-15-9-5-13(19)6-10-15/h3-10H,2,11H2,1H3,(H,20,22,23). The minimum atomic E-state index is -0.476. The van der Waals surface area contributed by atoms with Gasteiger partial charge in [-0.3, -0.25) is 10.1 Å². The molecule has 0 bridgehead atoms. The minimum Gasteiger partial charge on any atom is -0.494 e. The number of halogens is 1. The van der Waals surface area contributed by atoms with Gasteiger partial charge < -0.3 is 13.9 Å². The lowest BCUT2D eigenvalue weighted by molar-refractivity contribution is -0.118. The molecule has 7 nitrogen and oxygen atoms in total. The second-order valence-electron chi connectivity index (χ2n) is 5.16. The number of hydrogen-bond donors (Lipinski definition) is 1. The Hall–Kier alpha value is -3.42. The fourth-order valence-corrected chi connectivity index (χ4v) is 2.09. The van der Waals surface area contributed by atoms with Crippen LogP contribution in [0.3, 0.4) is 0 Å². The van der Waals surface area contributed by atoms with Crippen LogP contribution < -0.4 is 14.8 Å². The Balaban J connectivity index is 1.55. The highest BCUT2D eigenvalue weighted by Gasteiger charge is 2.12. The predicted molar refractivity (Wildman–Crippen MR) is 91.4 cm³/mol. The molecule has 0 saturated heterocycles. The summed E-state index contributed by atoms with van der Waals surface area (Å²) in [5.74, 6) is 0.526. The lowest BCUT2D eigenvalue weighted by atomic mass is 10.2. The molecule has 0 aliphatic heterocycles. The zero-order chi connectivity index (χ0) is 18.4. The quantitative estimate of drug-likeness (QED) is 0.698. The summed E-state index contributed by atoms with van der Waals surface area (Å²) in [5, 5.41) is 10.1. The molecule has 0 radical (unpaired) electrons. The third kappa shape index (κ3) is 4.56. The van der Waals surface area contributed by atoms with Gasteiger partial charge in [0.2, 0.25) is 5.89 Å². The van der Waals surface area contributed by atoms with Crippen molar-refractivity contribution in [3.63, 3.8) is 0 Å². The van der Waals surface area contributed by atoms with E-state index in [9.17, 15) is 9.18 Å². The smallest absolute Gasteiger partial charge is 0.322 e. The van der Waals surface area contributed by atoms with Crippen molar-refractivity contribution in [1.29, 1.82) is 0 Å². The zero-order valence-corrected chi connectivity index (χ0v) is 13.9. The molecule has 8 heteroatoms. The summed E-state index contributed by atoms with van der Waals surface area (Å²) in [4.78, 5) is 11.9. The summed E-state index contributed by atoms with van der Waals surface area (Å²) in [6.07, 6.45) is 0. The molecule has 1 amide bonds. The first kappa shape index (κ1) is 17.4. The Labute approximate surface area is 148 Å². The Bertz CT molecular complexity index is 863. The largest absolute Gasteiger partial charge is 0.494 e. The normalized spacial score (nSPS) is 10.4. The van der Waals surface area contributed by atoms with Crippen molar-refractivity contribution < 1.29 is 23.1 Å². The van der Waals surface area contributed by atoms with Crippen LogP contribution >= 0.6 is 0 Å². The van der Waals surface area contributed by atoms with Crippen molar-refractivity contribution in [2.45, 2.75) is 6.92 Å². The van der Waals surface area contributed by atoms with Crippen LogP contribution in [0.15, 0.2) is 52.9 Å². The van der Waals surface area contributed by atoms with Gasteiger partial charge in [0.1, 0.15) is 17.3 Å². The first-order chi connectivity index (χ1) is 12.6. The van der Waals surface area contributed by atoms with E-state index in [1.54, 1.807) is 24.3 Å². The van der Waals surface area contributed by atoms with Crippen molar-refractivity contribution >= 4 is 11.9 Å². The molecule has 3 rings (SSSR count). The fourth-order valence-electron chi connectivity index (χ4n) is 2.09. The first-order valence-electron chi connectivity index (χ1n) is 7.89. The van der Waals surface area contributed by atoms with Gasteiger partial charge in [-0.05, 0) is 55.5 Å². The molecule has 2 aromatic carbocycles. The second kappa shape index (κ2) is 8.11. The van der Waals surface area contributed by atoms with E-state index in [0.29, 0.717) is 17.9 Å². The number of ether oxygens (including phenoxy) is 2. The van der Waals surface area contributed by atoms with Gasteiger partial charge in [0, 0.05) is 5.56 Å². The molecule has 0 aliphatic rings. The molecule has 0 fully saturated rings. The summed E-state index contributed by atoms with van der Waals surface area (Å²) < 4.78 is 28.8. The van der Waals surface area contributed by atoms with Gasteiger partial charge in [-0.25, -0.2) is 4.39 Å². The predicted octanol–water partition coefficient (Wildman–Crippen LogP) is 3.29. The van der Waals surface area contributed by atoms with Gasteiger partial charge >= 0.3 is 6.01 Å². The summed E-state index contributed by atoms with van der Waals surface area (Å²) >= 11 is 0. The van der Waals surface area contributed by atoms with Gasteiger partial charge in [-0.15, -0.1) is 5.10 Å². The molecular formula is C18H16FN3O4. The number of hydrogen-bond acceptors (Lipinski definition) is 6. The molecular weight excluding hydrogens is 341 g/mol. The van der Waals surface area contributed by atoms with E-state index in [0.717, 1.165) is 5.75 Å². The molecule has 1 N–H and O–H groups in total. The zero-order valence-electron chi connectivity index (χ0n) is 13.9. The van der Waals surface area contributed by atoms with Crippen LogP contribution in [0.25, 0.3) is 11.5 Å². The number of nitrogens with one attached hydrogen (secondary N) is 1. The summed E-state index contributed by atoms with van der Waals surface area (Å²) in [6.45, 7) is 2.21. The maximum Gasteiger partial charge on any atom is 0.322 e. The lowest BCUT2D eigenvalue weighted by Crippen LogP contribution is -2.20. The molecule has 0 saturated carbocycles. The number of rotatable bonds is 7. The second-order valence-corrected chi connectivity index (χ2v) is 5.16. The fraction of sp³-hybridized carbons (Fsp3) is 0.167. The van der Waals surface area contributed by atoms with E-state index in [4.69, 9.17) is 13.9 Å². The Morgan fingerprint density at radius 1 is 1.04 bits per heavy atom. The maximum absolute atomic E-state index is 12.8. The molecule has 0 unspecified atom stereocenters. The molecule has 134 valence electrons. The topological polar surface area (TPSA) is 86.5 Å². The Kier molecular flexibility index (Phi) is 5.43. The molecule has 0 atom stereocenters.